The van der Waals surface area contributed by atoms with Gasteiger partial charge in [-0.05, 0) is 39.8 Å². The summed E-state index contributed by atoms with van der Waals surface area (Å²) < 4.78 is 11.9. The topological polar surface area (TPSA) is 76.2 Å². The Bertz CT molecular complexity index is 679. The van der Waals surface area contributed by atoms with Crippen molar-refractivity contribution in [2.24, 2.45) is 0 Å². The maximum absolute atomic E-state index is 11.7. The van der Waals surface area contributed by atoms with Crippen LogP contribution in [0.5, 0.6) is 0 Å². The lowest BCUT2D eigenvalue weighted by Crippen LogP contribution is -2.39. The maximum Gasteiger partial charge on any atom is 0.407 e. The summed E-state index contributed by atoms with van der Waals surface area (Å²) in [6.45, 7) is 8.18. The number of amides is 1. The molecule has 23 heavy (non-hydrogen) atoms. The molecular formula is C16H22BrN3O3. The predicted octanol–water partition coefficient (Wildman–Crippen LogP) is 3.76. The Morgan fingerprint density at radius 2 is 2.17 bits per heavy atom. The van der Waals surface area contributed by atoms with E-state index >= 15 is 0 Å². The minimum atomic E-state index is -0.507. The van der Waals surface area contributed by atoms with E-state index in [1.807, 2.05) is 39.8 Å². The Balaban J connectivity index is 1.84. The van der Waals surface area contributed by atoms with Gasteiger partial charge < -0.3 is 14.8 Å². The number of benzene rings is 1. The zero-order valence-corrected chi connectivity index (χ0v) is 15.4. The van der Waals surface area contributed by atoms with E-state index in [9.17, 15) is 4.79 Å². The zero-order valence-electron chi connectivity index (χ0n) is 13.8. The molecule has 0 saturated heterocycles. The second-order valence-electron chi connectivity index (χ2n) is 6.46. The highest BCUT2D eigenvalue weighted by atomic mass is 79.9. The fourth-order valence-corrected chi connectivity index (χ4v) is 2.62. The van der Waals surface area contributed by atoms with E-state index in [1.165, 1.54) is 0 Å². The average molecular weight is 384 g/mol. The Morgan fingerprint density at radius 1 is 1.43 bits per heavy atom. The smallest absolute Gasteiger partial charge is 0.407 e. The van der Waals surface area contributed by atoms with Gasteiger partial charge in [0, 0.05) is 15.4 Å². The van der Waals surface area contributed by atoms with Gasteiger partial charge in [0.2, 0.25) is 0 Å². The number of nitrogens with one attached hydrogen (secondary N) is 2. The van der Waals surface area contributed by atoms with Gasteiger partial charge in [0.1, 0.15) is 5.60 Å². The highest BCUT2D eigenvalue weighted by Gasteiger charge is 2.17. The maximum atomic E-state index is 11.7. The monoisotopic (exact) mass is 383 g/mol. The molecule has 0 aliphatic carbocycles. The molecular weight excluding hydrogens is 362 g/mol. The number of halogens is 1. The molecule has 2 N–H and O–H groups in total. The molecule has 1 aromatic carbocycles. The van der Waals surface area contributed by atoms with E-state index in [4.69, 9.17) is 9.47 Å². The minimum absolute atomic E-state index is 0.144. The SMILES string of the molecule is CC(COCc1cc(Br)cc2cn[nH]c12)NC(=O)OC(C)(C)C. The number of ether oxygens (including phenoxy) is 2. The summed E-state index contributed by atoms with van der Waals surface area (Å²) in [4.78, 5) is 11.7. The van der Waals surface area contributed by atoms with Crippen LogP contribution in [0.3, 0.4) is 0 Å². The number of nitrogens with zero attached hydrogens (tertiary/aromatic N) is 1. The van der Waals surface area contributed by atoms with Crippen molar-refractivity contribution in [2.75, 3.05) is 6.61 Å². The second kappa shape index (κ2) is 7.31. The Hall–Kier alpha value is -1.60. The number of carbonyl (C=O) groups is 1. The number of carbonyl (C=O) groups excluding carboxylic acids is 1. The van der Waals surface area contributed by atoms with Crippen LogP contribution in [-0.2, 0) is 16.1 Å². The third-order valence-electron chi connectivity index (χ3n) is 2.98. The van der Waals surface area contributed by atoms with Gasteiger partial charge in [-0.15, -0.1) is 0 Å². The van der Waals surface area contributed by atoms with E-state index in [0.717, 1.165) is 20.9 Å². The molecule has 1 heterocycles. The van der Waals surface area contributed by atoms with Gasteiger partial charge in [0.15, 0.2) is 0 Å². The molecule has 1 amide bonds. The first-order valence-electron chi connectivity index (χ1n) is 7.43. The number of fused-ring (bicyclic) bond motifs is 1. The van der Waals surface area contributed by atoms with Crippen LogP contribution in [0.1, 0.15) is 33.3 Å². The Labute approximate surface area is 144 Å². The normalized spacial score (nSPS) is 13.1. The van der Waals surface area contributed by atoms with Crippen molar-refractivity contribution in [3.8, 4) is 0 Å². The fraction of sp³-hybridized carbons (Fsp3) is 0.500. The molecule has 7 heteroatoms. The molecule has 0 aliphatic heterocycles. The molecule has 2 rings (SSSR count). The molecule has 126 valence electrons. The number of aromatic amines is 1. The van der Waals surface area contributed by atoms with Crippen molar-refractivity contribution in [1.29, 1.82) is 0 Å². The molecule has 2 aromatic rings. The number of H-pyrrole nitrogens is 1. The van der Waals surface area contributed by atoms with Gasteiger partial charge in [-0.1, -0.05) is 15.9 Å². The van der Waals surface area contributed by atoms with Crippen molar-refractivity contribution in [1.82, 2.24) is 15.5 Å². The molecule has 0 aliphatic rings. The van der Waals surface area contributed by atoms with E-state index < -0.39 is 11.7 Å². The number of rotatable bonds is 5. The predicted molar refractivity (Wildman–Crippen MR) is 92.3 cm³/mol. The summed E-state index contributed by atoms with van der Waals surface area (Å²) >= 11 is 3.48. The van der Waals surface area contributed by atoms with Crippen LogP contribution in [0.2, 0.25) is 0 Å². The van der Waals surface area contributed by atoms with Gasteiger partial charge in [-0.3, -0.25) is 5.10 Å². The molecule has 0 bridgehead atoms. The summed E-state index contributed by atoms with van der Waals surface area (Å²) in [6.07, 6.45) is 1.34. The van der Waals surface area contributed by atoms with E-state index in [-0.39, 0.29) is 6.04 Å². The van der Waals surface area contributed by atoms with Crippen molar-refractivity contribution in [2.45, 2.75) is 45.9 Å². The standard InChI is InChI=1S/C16H22BrN3O3/c1-10(19-15(21)23-16(2,3)4)8-22-9-12-6-13(17)5-11-7-18-20-14(11)12/h5-7,10H,8-9H2,1-4H3,(H,18,20)(H,19,21). The molecule has 0 spiro atoms. The summed E-state index contributed by atoms with van der Waals surface area (Å²) in [5.74, 6) is 0. The Morgan fingerprint density at radius 3 is 2.87 bits per heavy atom. The van der Waals surface area contributed by atoms with Crippen molar-refractivity contribution in [3.63, 3.8) is 0 Å². The van der Waals surface area contributed by atoms with Crippen LogP contribution in [0.4, 0.5) is 4.79 Å². The average Bonchev–Trinajstić information content (AvgIpc) is 2.83. The number of alkyl carbamates (subject to hydrolysis) is 1. The van der Waals surface area contributed by atoms with Gasteiger partial charge in [-0.2, -0.15) is 5.10 Å². The quantitative estimate of drug-likeness (QED) is 0.823. The van der Waals surface area contributed by atoms with Crippen LogP contribution in [0, 0.1) is 0 Å². The first-order chi connectivity index (χ1) is 10.7. The first-order valence-corrected chi connectivity index (χ1v) is 8.22. The van der Waals surface area contributed by atoms with Crippen molar-refractivity contribution in [3.05, 3.63) is 28.4 Å². The van der Waals surface area contributed by atoms with E-state index in [2.05, 4.69) is 31.4 Å². The minimum Gasteiger partial charge on any atom is -0.444 e. The number of aromatic nitrogens is 2. The lowest BCUT2D eigenvalue weighted by atomic mass is 10.1. The van der Waals surface area contributed by atoms with Gasteiger partial charge in [0.25, 0.3) is 0 Å². The number of hydrogen-bond donors (Lipinski definition) is 2. The lowest BCUT2D eigenvalue weighted by Gasteiger charge is -2.22. The van der Waals surface area contributed by atoms with Crippen molar-refractivity contribution >= 4 is 32.9 Å². The molecule has 1 unspecified atom stereocenters. The molecule has 0 saturated carbocycles. The van der Waals surface area contributed by atoms with Gasteiger partial charge >= 0.3 is 6.09 Å². The molecule has 1 atom stereocenters. The molecule has 0 radical (unpaired) electrons. The fourth-order valence-electron chi connectivity index (χ4n) is 2.10. The summed E-state index contributed by atoms with van der Waals surface area (Å²) in [5.41, 5.74) is 1.46. The first kappa shape index (κ1) is 17.7. The van der Waals surface area contributed by atoms with Crippen LogP contribution in [0.15, 0.2) is 22.8 Å². The molecule has 0 fully saturated rings. The van der Waals surface area contributed by atoms with E-state index in [0.29, 0.717) is 13.2 Å². The second-order valence-corrected chi connectivity index (χ2v) is 7.38. The summed E-state index contributed by atoms with van der Waals surface area (Å²) in [6, 6.07) is 3.84. The van der Waals surface area contributed by atoms with Gasteiger partial charge in [0.05, 0.1) is 31.0 Å². The van der Waals surface area contributed by atoms with Crippen LogP contribution < -0.4 is 5.32 Å². The lowest BCUT2D eigenvalue weighted by molar-refractivity contribution is 0.0442. The molecule has 6 nitrogen and oxygen atoms in total. The van der Waals surface area contributed by atoms with Gasteiger partial charge in [-0.25, -0.2) is 4.79 Å². The van der Waals surface area contributed by atoms with Crippen LogP contribution in [-0.4, -0.2) is 34.5 Å². The largest absolute Gasteiger partial charge is 0.444 e. The summed E-state index contributed by atoms with van der Waals surface area (Å²) in [7, 11) is 0. The van der Waals surface area contributed by atoms with E-state index in [1.54, 1.807) is 6.20 Å². The summed E-state index contributed by atoms with van der Waals surface area (Å²) in [5, 5.41) is 10.8. The zero-order chi connectivity index (χ0) is 17.0. The van der Waals surface area contributed by atoms with Crippen molar-refractivity contribution < 1.29 is 14.3 Å². The highest BCUT2D eigenvalue weighted by molar-refractivity contribution is 9.10. The third kappa shape index (κ3) is 5.51. The Kier molecular flexibility index (Phi) is 5.64. The van der Waals surface area contributed by atoms with Crippen LogP contribution >= 0.6 is 15.9 Å². The number of hydrogen-bond acceptors (Lipinski definition) is 4. The van der Waals surface area contributed by atoms with Crippen LogP contribution in [0.25, 0.3) is 10.9 Å². The highest BCUT2D eigenvalue weighted by Crippen LogP contribution is 2.23. The molecule has 1 aromatic heterocycles. The third-order valence-corrected chi connectivity index (χ3v) is 3.44.